The van der Waals surface area contributed by atoms with Gasteiger partial charge in [-0.15, -0.1) is 0 Å². The van der Waals surface area contributed by atoms with E-state index < -0.39 is 0 Å². The van der Waals surface area contributed by atoms with Gasteiger partial charge in [-0.3, -0.25) is 0 Å². The average Bonchev–Trinajstić information content (AvgIpc) is 2.80. The van der Waals surface area contributed by atoms with Gasteiger partial charge in [-0.2, -0.15) is 0 Å². The SMILES string of the molecule is CN(c1cc(F)cc(CN)c1)C1CCCC1. The van der Waals surface area contributed by atoms with Crippen LogP contribution < -0.4 is 10.6 Å². The summed E-state index contributed by atoms with van der Waals surface area (Å²) < 4.78 is 13.4. The van der Waals surface area contributed by atoms with Gasteiger partial charge in [0.15, 0.2) is 0 Å². The molecule has 0 spiro atoms. The van der Waals surface area contributed by atoms with Crippen molar-refractivity contribution in [3.63, 3.8) is 0 Å². The number of benzene rings is 1. The van der Waals surface area contributed by atoms with Crippen molar-refractivity contribution in [3.05, 3.63) is 29.6 Å². The van der Waals surface area contributed by atoms with Crippen LogP contribution in [-0.4, -0.2) is 13.1 Å². The Balaban J connectivity index is 2.21. The minimum Gasteiger partial charge on any atom is -0.372 e. The molecule has 1 aliphatic rings. The molecule has 0 aliphatic heterocycles. The zero-order valence-electron chi connectivity index (χ0n) is 9.75. The summed E-state index contributed by atoms with van der Waals surface area (Å²) in [5.74, 6) is -0.192. The maximum Gasteiger partial charge on any atom is 0.125 e. The van der Waals surface area contributed by atoms with E-state index in [0.717, 1.165) is 11.3 Å². The molecule has 3 heteroatoms. The van der Waals surface area contributed by atoms with Crippen molar-refractivity contribution in [3.8, 4) is 0 Å². The Hall–Kier alpha value is -1.09. The first-order chi connectivity index (χ1) is 7.70. The zero-order valence-corrected chi connectivity index (χ0v) is 9.75. The lowest BCUT2D eigenvalue weighted by Crippen LogP contribution is -2.28. The molecule has 0 atom stereocenters. The summed E-state index contributed by atoms with van der Waals surface area (Å²) in [7, 11) is 2.05. The van der Waals surface area contributed by atoms with Crippen LogP contribution in [0.4, 0.5) is 10.1 Å². The molecule has 0 amide bonds. The molecule has 2 N–H and O–H groups in total. The van der Waals surface area contributed by atoms with Gasteiger partial charge >= 0.3 is 0 Å². The van der Waals surface area contributed by atoms with Gasteiger partial charge in [0.05, 0.1) is 0 Å². The maximum absolute atomic E-state index is 13.4. The number of halogens is 1. The van der Waals surface area contributed by atoms with E-state index in [2.05, 4.69) is 4.90 Å². The molecule has 0 aromatic heterocycles. The average molecular weight is 222 g/mol. The summed E-state index contributed by atoms with van der Waals surface area (Å²) in [5, 5.41) is 0. The van der Waals surface area contributed by atoms with Gasteiger partial charge in [-0.05, 0) is 36.6 Å². The van der Waals surface area contributed by atoms with Gasteiger partial charge in [-0.1, -0.05) is 12.8 Å². The predicted molar refractivity (Wildman–Crippen MR) is 65.0 cm³/mol. The molecule has 16 heavy (non-hydrogen) atoms. The summed E-state index contributed by atoms with van der Waals surface area (Å²) in [6, 6.07) is 5.65. The van der Waals surface area contributed by atoms with Crippen molar-refractivity contribution in [2.45, 2.75) is 38.3 Å². The van der Waals surface area contributed by atoms with Crippen molar-refractivity contribution in [2.75, 3.05) is 11.9 Å². The fourth-order valence-corrected chi connectivity index (χ4v) is 2.46. The summed E-state index contributed by atoms with van der Waals surface area (Å²) in [5.41, 5.74) is 7.37. The third-order valence-corrected chi connectivity index (χ3v) is 3.46. The fraction of sp³-hybridized carbons (Fsp3) is 0.538. The van der Waals surface area contributed by atoms with Crippen LogP contribution in [-0.2, 0) is 6.54 Å². The molecular weight excluding hydrogens is 203 g/mol. The monoisotopic (exact) mass is 222 g/mol. The lowest BCUT2D eigenvalue weighted by atomic mass is 10.1. The number of hydrogen-bond donors (Lipinski definition) is 1. The molecule has 0 radical (unpaired) electrons. The van der Waals surface area contributed by atoms with Gasteiger partial charge in [0.1, 0.15) is 5.82 Å². The molecule has 0 unspecified atom stereocenters. The molecule has 1 fully saturated rings. The summed E-state index contributed by atoms with van der Waals surface area (Å²) >= 11 is 0. The lowest BCUT2D eigenvalue weighted by Gasteiger charge is -2.27. The van der Waals surface area contributed by atoms with E-state index in [0.29, 0.717) is 12.6 Å². The van der Waals surface area contributed by atoms with Crippen LogP contribution >= 0.6 is 0 Å². The highest BCUT2D eigenvalue weighted by Crippen LogP contribution is 2.27. The second-order valence-electron chi connectivity index (χ2n) is 4.57. The highest BCUT2D eigenvalue weighted by Gasteiger charge is 2.20. The summed E-state index contributed by atoms with van der Waals surface area (Å²) in [4.78, 5) is 2.19. The lowest BCUT2D eigenvalue weighted by molar-refractivity contribution is 0.617. The Morgan fingerprint density at radius 3 is 2.62 bits per heavy atom. The normalized spacial score (nSPS) is 16.7. The smallest absolute Gasteiger partial charge is 0.125 e. The molecular formula is C13H19FN2. The van der Waals surface area contributed by atoms with Crippen LogP contribution in [0.5, 0.6) is 0 Å². The highest BCUT2D eigenvalue weighted by atomic mass is 19.1. The van der Waals surface area contributed by atoms with Crippen LogP contribution in [0, 0.1) is 5.82 Å². The molecule has 0 heterocycles. The minimum atomic E-state index is -0.192. The largest absolute Gasteiger partial charge is 0.372 e. The molecule has 1 saturated carbocycles. The van der Waals surface area contributed by atoms with Crippen molar-refractivity contribution in [1.29, 1.82) is 0 Å². The predicted octanol–water partition coefficient (Wildman–Crippen LogP) is 2.66. The van der Waals surface area contributed by atoms with Gasteiger partial charge < -0.3 is 10.6 Å². The van der Waals surface area contributed by atoms with Crippen LogP contribution in [0.25, 0.3) is 0 Å². The molecule has 2 nitrogen and oxygen atoms in total. The van der Waals surface area contributed by atoms with Crippen LogP contribution in [0.3, 0.4) is 0 Å². The molecule has 1 aromatic rings. The first-order valence-electron chi connectivity index (χ1n) is 5.93. The van der Waals surface area contributed by atoms with E-state index in [-0.39, 0.29) is 5.82 Å². The maximum atomic E-state index is 13.4. The Bertz CT molecular complexity index is 359. The van der Waals surface area contributed by atoms with E-state index in [1.165, 1.54) is 31.7 Å². The standard InChI is InChI=1S/C13H19FN2/c1-16(12-4-2-3-5-12)13-7-10(9-15)6-11(14)8-13/h6-8,12H,2-5,9,15H2,1H3. The van der Waals surface area contributed by atoms with Crippen LogP contribution in [0.2, 0.25) is 0 Å². The summed E-state index contributed by atoms with van der Waals surface area (Å²) in [6.07, 6.45) is 5.00. The van der Waals surface area contributed by atoms with E-state index in [9.17, 15) is 4.39 Å². The third kappa shape index (κ3) is 2.35. The molecule has 0 bridgehead atoms. The van der Waals surface area contributed by atoms with E-state index >= 15 is 0 Å². The van der Waals surface area contributed by atoms with Gasteiger partial charge in [0, 0.05) is 25.3 Å². The molecule has 88 valence electrons. The first kappa shape index (κ1) is 11.4. The van der Waals surface area contributed by atoms with Gasteiger partial charge in [-0.25, -0.2) is 4.39 Å². The topological polar surface area (TPSA) is 29.3 Å². The Morgan fingerprint density at radius 1 is 1.31 bits per heavy atom. The van der Waals surface area contributed by atoms with Crippen molar-refractivity contribution < 1.29 is 4.39 Å². The number of nitrogens with two attached hydrogens (primary N) is 1. The number of nitrogens with zero attached hydrogens (tertiary/aromatic N) is 1. The second-order valence-corrected chi connectivity index (χ2v) is 4.57. The molecule has 2 rings (SSSR count). The van der Waals surface area contributed by atoms with Crippen LogP contribution in [0.1, 0.15) is 31.2 Å². The van der Waals surface area contributed by atoms with Crippen LogP contribution in [0.15, 0.2) is 18.2 Å². The van der Waals surface area contributed by atoms with Crippen molar-refractivity contribution >= 4 is 5.69 Å². The fourth-order valence-electron chi connectivity index (χ4n) is 2.46. The number of anilines is 1. The van der Waals surface area contributed by atoms with Gasteiger partial charge in [0.2, 0.25) is 0 Å². The number of hydrogen-bond acceptors (Lipinski definition) is 2. The van der Waals surface area contributed by atoms with E-state index in [1.54, 1.807) is 6.07 Å². The Kier molecular flexibility index (Phi) is 3.44. The minimum absolute atomic E-state index is 0.192. The second kappa shape index (κ2) is 4.83. The molecule has 0 saturated heterocycles. The quantitative estimate of drug-likeness (QED) is 0.852. The zero-order chi connectivity index (χ0) is 11.5. The van der Waals surface area contributed by atoms with Crippen molar-refractivity contribution in [2.24, 2.45) is 5.73 Å². The van der Waals surface area contributed by atoms with E-state index in [1.807, 2.05) is 13.1 Å². The van der Waals surface area contributed by atoms with E-state index in [4.69, 9.17) is 5.73 Å². The van der Waals surface area contributed by atoms with Gasteiger partial charge in [0.25, 0.3) is 0 Å². The molecule has 1 aliphatic carbocycles. The Labute approximate surface area is 96.2 Å². The third-order valence-electron chi connectivity index (χ3n) is 3.46. The highest BCUT2D eigenvalue weighted by molar-refractivity contribution is 5.49. The first-order valence-corrected chi connectivity index (χ1v) is 5.93. The van der Waals surface area contributed by atoms with Crippen molar-refractivity contribution in [1.82, 2.24) is 0 Å². The Morgan fingerprint density at radius 2 is 2.00 bits per heavy atom. The summed E-state index contributed by atoms with van der Waals surface area (Å²) in [6.45, 7) is 0.392. The molecule has 1 aromatic carbocycles. The number of rotatable bonds is 3.